The van der Waals surface area contributed by atoms with Crippen LogP contribution in [0.2, 0.25) is 0 Å². The first-order chi connectivity index (χ1) is 8.33. The molecule has 0 aromatic heterocycles. The van der Waals surface area contributed by atoms with Gasteiger partial charge in [-0.3, -0.25) is 4.90 Å². The fourth-order valence-electron chi connectivity index (χ4n) is 3.10. The van der Waals surface area contributed by atoms with Crippen LogP contribution in [0.1, 0.15) is 38.5 Å². The first-order valence-electron chi connectivity index (χ1n) is 7.11. The highest BCUT2D eigenvalue weighted by atomic mass is 15.2. The van der Waals surface area contributed by atoms with E-state index in [0.717, 1.165) is 6.42 Å². The van der Waals surface area contributed by atoms with Gasteiger partial charge in [-0.25, -0.2) is 0 Å². The topological polar surface area (TPSA) is 6.48 Å². The van der Waals surface area contributed by atoms with Crippen molar-refractivity contribution in [1.29, 1.82) is 0 Å². The average molecular weight is 234 g/mol. The molecule has 17 heavy (non-hydrogen) atoms. The molecule has 2 nitrogen and oxygen atoms in total. The third-order valence-corrected chi connectivity index (χ3v) is 4.12. The molecular formula is C15H26N2. The van der Waals surface area contributed by atoms with Crippen LogP contribution in [-0.4, -0.2) is 42.0 Å². The molecule has 0 aromatic rings. The van der Waals surface area contributed by atoms with Gasteiger partial charge in [-0.15, -0.1) is 6.58 Å². The van der Waals surface area contributed by atoms with E-state index in [4.69, 9.17) is 0 Å². The van der Waals surface area contributed by atoms with E-state index in [2.05, 4.69) is 29.0 Å². The summed E-state index contributed by atoms with van der Waals surface area (Å²) in [5, 5.41) is 0. The fraction of sp³-hybridized carbons (Fsp3) is 0.733. The molecule has 0 saturated carbocycles. The van der Waals surface area contributed by atoms with Gasteiger partial charge < -0.3 is 4.90 Å². The van der Waals surface area contributed by atoms with E-state index in [1.807, 2.05) is 0 Å². The zero-order valence-electron chi connectivity index (χ0n) is 11.0. The predicted octanol–water partition coefficient (Wildman–Crippen LogP) is 3.03. The van der Waals surface area contributed by atoms with Gasteiger partial charge in [-0.2, -0.15) is 0 Å². The SMILES string of the molecule is C=CCC(C(=C)N1CCCC1)N1CCCCC1. The van der Waals surface area contributed by atoms with Crippen LogP contribution < -0.4 is 0 Å². The Morgan fingerprint density at radius 3 is 2.18 bits per heavy atom. The lowest BCUT2D eigenvalue weighted by Gasteiger charge is -2.38. The highest BCUT2D eigenvalue weighted by molar-refractivity contribution is 5.09. The number of piperidine rings is 1. The van der Waals surface area contributed by atoms with Crippen LogP contribution in [0.5, 0.6) is 0 Å². The standard InChI is InChI=1S/C15H26N2/c1-3-9-15(17-12-5-4-6-13-17)14(2)16-10-7-8-11-16/h3,15H,1-2,4-13H2. The van der Waals surface area contributed by atoms with Gasteiger partial charge in [0.15, 0.2) is 0 Å². The van der Waals surface area contributed by atoms with Crippen LogP contribution in [0, 0.1) is 0 Å². The van der Waals surface area contributed by atoms with Gasteiger partial charge in [0.1, 0.15) is 0 Å². The molecule has 0 spiro atoms. The Kier molecular flexibility index (Phi) is 4.66. The summed E-state index contributed by atoms with van der Waals surface area (Å²) in [4.78, 5) is 5.11. The summed E-state index contributed by atoms with van der Waals surface area (Å²) in [6.45, 7) is 13.2. The Morgan fingerprint density at radius 1 is 1.00 bits per heavy atom. The number of nitrogens with zero attached hydrogens (tertiary/aromatic N) is 2. The van der Waals surface area contributed by atoms with E-state index in [9.17, 15) is 0 Å². The maximum atomic E-state index is 4.37. The molecule has 0 amide bonds. The molecule has 2 aliphatic rings. The third-order valence-electron chi connectivity index (χ3n) is 4.12. The number of likely N-dealkylation sites (tertiary alicyclic amines) is 2. The molecule has 2 fully saturated rings. The summed E-state index contributed by atoms with van der Waals surface area (Å²) >= 11 is 0. The molecule has 0 aliphatic carbocycles. The van der Waals surface area contributed by atoms with E-state index in [1.165, 1.54) is 64.0 Å². The Morgan fingerprint density at radius 2 is 1.59 bits per heavy atom. The van der Waals surface area contributed by atoms with E-state index < -0.39 is 0 Å². The third kappa shape index (κ3) is 3.12. The van der Waals surface area contributed by atoms with Gasteiger partial charge in [0.2, 0.25) is 0 Å². The smallest absolute Gasteiger partial charge is 0.0525 e. The van der Waals surface area contributed by atoms with Crippen molar-refractivity contribution < 1.29 is 0 Å². The lowest BCUT2D eigenvalue weighted by Crippen LogP contribution is -2.43. The zero-order valence-corrected chi connectivity index (χ0v) is 11.0. The highest BCUT2D eigenvalue weighted by Crippen LogP contribution is 2.24. The van der Waals surface area contributed by atoms with Crippen molar-refractivity contribution in [3.8, 4) is 0 Å². The van der Waals surface area contributed by atoms with Crippen molar-refractivity contribution in [3.63, 3.8) is 0 Å². The summed E-state index contributed by atoms with van der Waals surface area (Å²) in [5.41, 5.74) is 1.34. The normalized spacial score (nSPS) is 23.6. The van der Waals surface area contributed by atoms with Gasteiger partial charge in [-0.1, -0.05) is 19.1 Å². The number of hydrogen-bond donors (Lipinski definition) is 0. The van der Waals surface area contributed by atoms with Gasteiger partial charge >= 0.3 is 0 Å². The van der Waals surface area contributed by atoms with Gasteiger partial charge in [-0.05, 0) is 45.2 Å². The minimum Gasteiger partial charge on any atom is -0.374 e. The first kappa shape index (κ1) is 12.7. The Bertz CT molecular complexity index is 260. The van der Waals surface area contributed by atoms with Gasteiger partial charge in [0.25, 0.3) is 0 Å². The van der Waals surface area contributed by atoms with Crippen molar-refractivity contribution in [1.82, 2.24) is 9.80 Å². The van der Waals surface area contributed by atoms with Crippen molar-refractivity contribution in [2.75, 3.05) is 26.2 Å². The Hall–Kier alpha value is -0.760. The van der Waals surface area contributed by atoms with Crippen LogP contribution >= 0.6 is 0 Å². The van der Waals surface area contributed by atoms with Crippen LogP contribution in [0.25, 0.3) is 0 Å². The molecule has 1 unspecified atom stereocenters. The van der Waals surface area contributed by atoms with Crippen LogP contribution in [0.3, 0.4) is 0 Å². The summed E-state index contributed by atoms with van der Waals surface area (Å²) in [6.07, 6.45) is 9.87. The molecule has 1 atom stereocenters. The minimum absolute atomic E-state index is 0.505. The molecule has 0 radical (unpaired) electrons. The van der Waals surface area contributed by atoms with Crippen LogP contribution in [0.4, 0.5) is 0 Å². The van der Waals surface area contributed by atoms with Crippen molar-refractivity contribution in [3.05, 3.63) is 24.9 Å². The molecule has 0 N–H and O–H groups in total. The predicted molar refractivity (Wildman–Crippen MR) is 74.0 cm³/mol. The molecule has 2 heterocycles. The second kappa shape index (κ2) is 6.25. The summed E-state index contributed by atoms with van der Waals surface area (Å²) < 4.78 is 0. The zero-order chi connectivity index (χ0) is 12.1. The first-order valence-corrected chi connectivity index (χ1v) is 7.11. The lowest BCUT2D eigenvalue weighted by atomic mass is 10.0. The molecule has 2 aliphatic heterocycles. The second-order valence-corrected chi connectivity index (χ2v) is 5.32. The van der Waals surface area contributed by atoms with Crippen molar-refractivity contribution in [2.24, 2.45) is 0 Å². The monoisotopic (exact) mass is 234 g/mol. The average Bonchev–Trinajstić information content (AvgIpc) is 2.90. The number of rotatable bonds is 5. The van der Waals surface area contributed by atoms with Gasteiger partial charge in [0.05, 0.1) is 6.04 Å². The molecule has 2 heteroatoms. The van der Waals surface area contributed by atoms with Gasteiger partial charge in [0, 0.05) is 18.8 Å². The summed E-state index contributed by atoms with van der Waals surface area (Å²) in [5.74, 6) is 0. The second-order valence-electron chi connectivity index (χ2n) is 5.32. The van der Waals surface area contributed by atoms with Crippen molar-refractivity contribution in [2.45, 2.75) is 44.6 Å². The Labute approximate surface area is 106 Å². The highest BCUT2D eigenvalue weighted by Gasteiger charge is 2.26. The van der Waals surface area contributed by atoms with E-state index >= 15 is 0 Å². The molecule has 0 bridgehead atoms. The molecule has 0 aromatic carbocycles. The number of hydrogen-bond acceptors (Lipinski definition) is 2. The maximum absolute atomic E-state index is 4.37. The van der Waals surface area contributed by atoms with Crippen LogP contribution in [0.15, 0.2) is 24.9 Å². The minimum atomic E-state index is 0.505. The molecule has 2 rings (SSSR count). The fourth-order valence-corrected chi connectivity index (χ4v) is 3.10. The lowest BCUT2D eigenvalue weighted by molar-refractivity contribution is 0.162. The molecule has 2 saturated heterocycles. The van der Waals surface area contributed by atoms with E-state index in [-0.39, 0.29) is 0 Å². The quantitative estimate of drug-likeness (QED) is 0.675. The summed E-state index contributed by atoms with van der Waals surface area (Å²) in [7, 11) is 0. The van der Waals surface area contributed by atoms with Crippen LogP contribution in [-0.2, 0) is 0 Å². The van der Waals surface area contributed by atoms with E-state index in [0.29, 0.717) is 6.04 Å². The molecule has 96 valence electrons. The Balaban J connectivity index is 1.98. The summed E-state index contributed by atoms with van der Waals surface area (Å²) in [6, 6.07) is 0.505. The van der Waals surface area contributed by atoms with Crippen molar-refractivity contribution >= 4 is 0 Å². The van der Waals surface area contributed by atoms with E-state index in [1.54, 1.807) is 0 Å². The molecular weight excluding hydrogens is 208 g/mol. The maximum Gasteiger partial charge on any atom is 0.0525 e. The largest absolute Gasteiger partial charge is 0.374 e.